The van der Waals surface area contributed by atoms with E-state index in [-0.39, 0.29) is 12.6 Å². The summed E-state index contributed by atoms with van der Waals surface area (Å²) in [4.78, 5) is 12.5. The maximum atomic E-state index is 12.5. The number of benzene rings is 3. The number of allylic oxidation sites excluding steroid dienone is 1. The van der Waals surface area contributed by atoms with Gasteiger partial charge in [0.25, 0.3) is 0 Å². The molecule has 0 aromatic heterocycles. The van der Waals surface area contributed by atoms with E-state index in [1.807, 2.05) is 72.8 Å². The van der Waals surface area contributed by atoms with Gasteiger partial charge in [-0.1, -0.05) is 85.8 Å². The summed E-state index contributed by atoms with van der Waals surface area (Å²) >= 11 is 0. The maximum Gasteiger partial charge on any atom is 0.338 e. The van der Waals surface area contributed by atoms with Gasteiger partial charge in [-0.05, 0) is 29.7 Å². The molecule has 0 spiro atoms. The van der Waals surface area contributed by atoms with Gasteiger partial charge in [0.1, 0.15) is 19.0 Å². The zero-order valence-electron chi connectivity index (χ0n) is 16.0. The van der Waals surface area contributed by atoms with Crippen molar-refractivity contribution in [3.63, 3.8) is 0 Å². The van der Waals surface area contributed by atoms with Crippen molar-refractivity contribution in [3.05, 3.63) is 107 Å². The molecule has 3 rings (SSSR count). The Kier molecular flexibility index (Phi) is 7.02. The van der Waals surface area contributed by atoms with Crippen molar-refractivity contribution in [1.29, 1.82) is 0 Å². The average molecular weight is 372 g/mol. The normalized spacial score (nSPS) is 10.8. The summed E-state index contributed by atoms with van der Waals surface area (Å²) in [7, 11) is 0. The third kappa shape index (κ3) is 5.58. The monoisotopic (exact) mass is 372 g/mol. The Morgan fingerprint density at radius 1 is 0.857 bits per heavy atom. The van der Waals surface area contributed by atoms with Crippen LogP contribution < -0.4 is 4.74 Å². The largest absolute Gasteiger partial charge is 0.488 e. The lowest BCUT2D eigenvalue weighted by atomic mass is 10.1. The molecule has 0 aliphatic rings. The Hall–Kier alpha value is -3.33. The van der Waals surface area contributed by atoms with Gasteiger partial charge in [0.05, 0.1) is 5.56 Å². The zero-order valence-corrected chi connectivity index (χ0v) is 16.0. The standard InChI is InChI=1S/C25H24O3/c1-2-3-14-22-15-16-23(25(26)28-19-21-12-8-5-9-13-21)17-24(22)27-18-20-10-6-4-7-11-20/h3-17H,2,18-19H2,1H3. The van der Waals surface area contributed by atoms with E-state index in [1.54, 1.807) is 12.1 Å². The molecule has 0 aliphatic carbocycles. The highest BCUT2D eigenvalue weighted by Crippen LogP contribution is 2.24. The van der Waals surface area contributed by atoms with Gasteiger partial charge in [-0.2, -0.15) is 0 Å². The Balaban J connectivity index is 1.74. The van der Waals surface area contributed by atoms with E-state index in [2.05, 4.69) is 13.0 Å². The number of esters is 1. The van der Waals surface area contributed by atoms with Gasteiger partial charge < -0.3 is 9.47 Å². The topological polar surface area (TPSA) is 35.5 Å². The Bertz CT molecular complexity index is 915. The fraction of sp³-hybridized carbons (Fsp3) is 0.160. The summed E-state index contributed by atoms with van der Waals surface area (Å²) < 4.78 is 11.5. The van der Waals surface area contributed by atoms with Crippen molar-refractivity contribution >= 4 is 12.0 Å². The summed E-state index contributed by atoms with van der Waals surface area (Å²) in [6.07, 6.45) is 5.01. The van der Waals surface area contributed by atoms with Crippen LogP contribution in [0, 0.1) is 0 Å². The molecule has 0 saturated carbocycles. The summed E-state index contributed by atoms with van der Waals surface area (Å²) in [5, 5.41) is 0. The molecule has 3 heteroatoms. The minimum Gasteiger partial charge on any atom is -0.488 e. The van der Waals surface area contributed by atoms with Crippen molar-refractivity contribution in [3.8, 4) is 5.75 Å². The number of hydrogen-bond acceptors (Lipinski definition) is 3. The first kappa shape index (κ1) is 19.4. The van der Waals surface area contributed by atoms with Crippen molar-refractivity contribution in [2.75, 3.05) is 0 Å². The number of hydrogen-bond donors (Lipinski definition) is 0. The molecule has 3 nitrogen and oxygen atoms in total. The SMILES string of the molecule is CCC=Cc1ccc(C(=O)OCc2ccccc2)cc1OCc1ccccc1. The molecule has 3 aromatic rings. The third-order valence-corrected chi connectivity index (χ3v) is 4.23. The second kappa shape index (κ2) is 10.1. The molecule has 0 amide bonds. The van der Waals surface area contributed by atoms with Gasteiger partial charge in [-0.25, -0.2) is 4.79 Å². The van der Waals surface area contributed by atoms with E-state index >= 15 is 0 Å². The van der Waals surface area contributed by atoms with Gasteiger partial charge in [0, 0.05) is 5.56 Å². The van der Waals surface area contributed by atoms with Crippen LogP contribution in [0.3, 0.4) is 0 Å². The Labute approximate surface area is 166 Å². The summed E-state index contributed by atoms with van der Waals surface area (Å²) in [5.41, 5.74) is 3.45. The highest BCUT2D eigenvalue weighted by atomic mass is 16.5. The van der Waals surface area contributed by atoms with Gasteiger partial charge in [0.2, 0.25) is 0 Å². The van der Waals surface area contributed by atoms with E-state index in [9.17, 15) is 4.79 Å². The molecule has 0 N–H and O–H groups in total. The molecule has 0 aliphatic heterocycles. The van der Waals surface area contributed by atoms with Crippen molar-refractivity contribution < 1.29 is 14.3 Å². The smallest absolute Gasteiger partial charge is 0.338 e. The molecule has 0 fully saturated rings. The Morgan fingerprint density at radius 3 is 2.14 bits per heavy atom. The molecule has 142 valence electrons. The second-order valence-electron chi connectivity index (χ2n) is 6.40. The van der Waals surface area contributed by atoms with Crippen LogP contribution in [0.4, 0.5) is 0 Å². The number of carbonyl (C=O) groups is 1. The minimum atomic E-state index is -0.362. The van der Waals surface area contributed by atoms with Gasteiger partial charge in [-0.3, -0.25) is 0 Å². The van der Waals surface area contributed by atoms with Crippen LogP contribution in [-0.4, -0.2) is 5.97 Å². The van der Waals surface area contributed by atoms with E-state index in [1.165, 1.54) is 0 Å². The van der Waals surface area contributed by atoms with Crippen LogP contribution in [0.1, 0.15) is 40.4 Å². The van der Waals surface area contributed by atoms with Crippen molar-refractivity contribution in [1.82, 2.24) is 0 Å². The zero-order chi connectivity index (χ0) is 19.6. The highest BCUT2D eigenvalue weighted by molar-refractivity contribution is 5.90. The van der Waals surface area contributed by atoms with Crippen LogP contribution in [0.15, 0.2) is 84.9 Å². The van der Waals surface area contributed by atoms with Crippen molar-refractivity contribution in [2.24, 2.45) is 0 Å². The lowest BCUT2D eigenvalue weighted by Gasteiger charge is -2.12. The molecule has 28 heavy (non-hydrogen) atoms. The molecule has 0 radical (unpaired) electrons. The van der Waals surface area contributed by atoms with Gasteiger partial charge in [-0.15, -0.1) is 0 Å². The number of ether oxygens (including phenoxy) is 2. The van der Waals surface area contributed by atoms with Gasteiger partial charge >= 0.3 is 5.97 Å². The van der Waals surface area contributed by atoms with Crippen molar-refractivity contribution in [2.45, 2.75) is 26.6 Å². The predicted octanol–water partition coefficient (Wildman–Crippen LogP) is 6.05. The molecule has 0 heterocycles. The van der Waals surface area contributed by atoms with Gasteiger partial charge in [0.15, 0.2) is 0 Å². The molecular formula is C25H24O3. The lowest BCUT2D eigenvalue weighted by Crippen LogP contribution is -2.06. The van der Waals surface area contributed by atoms with Crippen LogP contribution >= 0.6 is 0 Å². The first-order valence-corrected chi connectivity index (χ1v) is 9.44. The molecule has 0 atom stereocenters. The molecular weight excluding hydrogens is 348 g/mol. The quantitative estimate of drug-likeness (QED) is 0.452. The Morgan fingerprint density at radius 2 is 1.50 bits per heavy atom. The average Bonchev–Trinajstić information content (AvgIpc) is 2.76. The first-order chi connectivity index (χ1) is 13.8. The molecule has 0 bridgehead atoms. The number of carbonyl (C=O) groups excluding carboxylic acids is 1. The lowest BCUT2D eigenvalue weighted by molar-refractivity contribution is 0.0472. The molecule has 3 aromatic carbocycles. The summed E-state index contributed by atoms with van der Waals surface area (Å²) in [6.45, 7) is 2.77. The highest BCUT2D eigenvalue weighted by Gasteiger charge is 2.11. The van der Waals surface area contributed by atoms with Crippen LogP contribution in [0.5, 0.6) is 5.75 Å². The molecule has 0 unspecified atom stereocenters. The fourth-order valence-electron chi connectivity index (χ4n) is 2.71. The minimum absolute atomic E-state index is 0.247. The maximum absolute atomic E-state index is 12.5. The molecule has 0 saturated heterocycles. The van der Waals surface area contributed by atoms with E-state index in [0.717, 1.165) is 23.1 Å². The van der Waals surface area contributed by atoms with E-state index in [4.69, 9.17) is 9.47 Å². The van der Waals surface area contributed by atoms with Crippen LogP contribution in [0.25, 0.3) is 6.08 Å². The second-order valence-corrected chi connectivity index (χ2v) is 6.40. The van der Waals surface area contributed by atoms with E-state index < -0.39 is 0 Å². The summed E-state index contributed by atoms with van der Waals surface area (Å²) in [6, 6.07) is 25.0. The van der Waals surface area contributed by atoms with Crippen LogP contribution in [0.2, 0.25) is 0 Å². The third-order valence-electron chi connectivity index (χ3n) is 4.23. The fourth-order valence-corrected chi connectivity index (χ4v) is 2.71. The first-order valence-electron chi connectivity index (χ1n) is 9.44. The number of rotatable bonds is 8. The summed E-state index contributed by atoms with van der Waals surface area (Å²) in [5.74, 6) is 0.308. The van der Waals surface area contributed by atoms with Crippen LogP contribution in [-0.2, 0) is 18.0 Å². The predicted molar refractivity (Wildman–Crippen MR) is 112 cm³/mol. The van der Waals surface area contributed by atoms with E-state index in [0.29, 0.717) is 17.9 Å².